The van der Waals surface area contributed by atoms with Gasteiger partial charge in [-0.1, -0.05) is 20.8 Å². The minimum absolute atomic E-state index is 0.889. The Bertz CT molecular complexity index is 11.7. The molecule has 0 radical (unpaired) electrons. The average molecular weight is 104 g/mol. The van der Waals surface area contributed by atoms with Crippen molar-refractivity contribution in [2.75, 3.05) is 13.7 Å². The predicted molar refractivity (Wildman–Crippen MR) is 33.5 cm³/mol. The molecule has 0 spiro atoms. The van der Waals surface area contributed by atoms with Gasteiger partial charge in [-0.3, -0.25) is 0 Å². The number of methoxy groups -OCH3 is 1. The third kappa shape index (κ3) is 24.3. The first-order valence-corrected chi connectivity index (χ1v) is 2.90. The van der Waals surface area contributed by atoms with Crippen LogP contribution >= 0.6 is 0 Å². The average Bonchev–Trinajstić information content (AvgIpc) is 1.75. The quantitative estimate of drug-likeness (QED) is 0.521. The zero-order valence-corrected chi connectivity index (χ0v) is 5.82. The molecule has 0 aromatic rings. The van der Waals surface area contributed by atoms with Gasteiger partial charge >= 0.3 is 0 Å². The van der Waals surface area contributed by atoms with Crippen molar-refractivity contribution in [2.24, 2.45) is 0 Å². The fourth-order valence-corrected chi connectivity index (χ4v) is 0.204. The van der Waals surface area contributed by atoms with E-state index in [1.807, 2.05) is 13.8 Å². The summed E-state index contributed by atoms with van der Waals surface area (Å²) < 4.78 is 4.69. The highest BCUT2D eigenvalue weighted by molar-refractivity contribution is 4.15. The van der Waals surface area contributed by atoms with E-state index in [2.05, 4.69) is 6.92 Å². The first-order chi connectivity index (χ1) is 3.41. The summed E-state index contributed by atoms with van der Waals surface area (Å²) in [6.45, 7) is 6.98. The maximum Gasteiger partial charge on any atom is 0.0459 e. The fraction of sp³-hybridized carbons (Fsp3) is 1.00. The molecule has 0 aromatic carbocycles. The maximum absolute atomic E-state index is 4.69. The van der Waals surface area contributed by atoms with Crippen molar-refractivity contribution in [3.8, 4) is 0 Å². The van der Waals surface area contributed by atoms with Crippen LogP contribution in [-0.4, -0.2) is 13.7 Å². The van der Waals surface area contributed by atoms with Crippen molar-refractivity contribution in [3.63, 3.8) is 0 Å². The van der Waals surface area contributed by atoms with Crippen molar-refractivity contribution in [3.05, 3.63) is 0 Å². The van der Waals surface area contributed by atoms with Gasteiger partial charge in [0.05, 0.1) is 0 Å². The molecular weight excluding hydrogens is 88.1 g/mol. The van der Waals surface area contributed by atoms with Crippen molar-refractivity contribution in [1.82, 2.24) is 0 Å². The van der Waals surface area contributed by atoms with E-state index in [0.717, 1.165) is 13.0 Å². The van der Waals surface area contributed by atoms with E-state index in [1.165, 1.54) is 0 Å². The highest BCUT2D eigenvalue weighted by Crippen LogP contribution is 1.70. The zero-order valence-electron chi connectivity index (χ0n) is 5.82. The second-order valence-corrected chi connectivity index (χ2v) is 0.993. The molecule has 0 aliphatic carbocycles. The minimum atomic E-state index is 0.889. The molecule has 0 fully saturated rings. The van der Waals surface area contributed by atoms with Gasteiger partial charge in [0.2, 0.25) is 0 Å². The molecule has 0 heterocycles. The lowest BCUT2D eigenvalue weighted by Gasteiger charge is -1.84. The summed E-state index contributed by atoms with van der Waals surface area (Å²) in [5.41, 5.74) is 0. The third-order valence-electron chi connectivity index (χ3n) is 0.408. The Hall–Kier alpha value is -0.0400. The first-order valence-electron chi connectivity index (χ1n) is 2.90. The molecule has 1 heteroatoms. The highest BCUT2D eigenvalue weighted by atomic mass is 16.5. The number of ether oxygens (including phenoxy) is 1. The summed E-state index contributed by atoms with van der Waals surface area (Å²) >= 11 is 0. The molecule has 0 atom stereocenters. The van der Waals surface area contributed by atoms with Gasteiger partial charge in [0, 0.05) is 13.7 Å². The predicted octanol–water partition coefficient (Wildman–Crippen LogP) is 2.07. The Kier molecular flexibility index (Phi) is 24.0. The molecule has 0 saturated carbocycles. The Labute approximate surface area is 46.7 Å². The standard InChI is InChI=1S/C4H10O.C2H6/c1-3-4-5-2;1-2/h3-4H2,1-2H3;1-2H3. The van der Waals surface area contributed by atoms with Gasteiger partial charge in [0.15, 0.2) is 0 Å². The number of hydrogen-bond donors (Lipinski definition) is 0. The van der Waals surface area contributed by atoms with E-state index >= 15 is 0 Å². The lowest BCUT2D eigenvalue weighted by Crippen LogP contribution is -1.80. The van der Waals surface area contributed by atoms with Crippen LogP contribution in [0.2, 0.25) is 0 Å². The number of hydrogen-bond acceptors (Lipinski definition) is 1. The van der Waals surface area contributed by atoms with E-state index in [-0.39, 0.29) is 0 Å². The molecule has 0 amide bonds. The molecule has 0 aliphatic rings. The van der Waals surface area contributed by atoms with Crippen LogP contribution in [0.1, 0.15) is 27.2 Å². The van der Waals surface area contributed by atoms with Gasteiger partial charge < -0.3 is 4.74 Å². The SMILES string of the molecule is CC.CCCOC. The monoisotopic (exact) mass is 104 g/mol. The topological polar surface area (TPSA) is 9.23 Å². The second-order valence-electron chi connectivity index (χ2n) is 0.993. The van der Waals surface area contributed by atoms with Gasteiger partial charge in [0.25, 0.3) is 0 Å². The van der Waals surface area contributed by atoms with Crippen molar-refractivity contribution >= 4 is 0 Å². The summed E-state index contributed by atoms with van der Waals surface area (Å²) in [6.07, 6.45) is 1.12. The number of rotatable bonds is 2. The minimum Gasteiger partial charge on any atom is -0.385 e. The van der Waals surface area contributed by atoms with E-state index in [1.54, 1.807) is 7.11 Å². The van der Waals surface area contributed by atoms with Crippen molar-refractivity contribution in [1.29, 1.82) is 0 Å². The van der Waals surface area contributed by atoms with Crippen LogP contribution in [0.3, 0.4) is 0 Å². The highest BCUT2D eigenvalue weighted by Gasteiger charge is 1.66. The van der Waals surface area contributed by atoms with E-state index in [0.29, 0.717) is 0 Å². The van der Waals surface area contributed by atoms with Crippen LogP contribution in [-0.2, 0) is 4.74 Å². The summed E-state index contributed by atoms with van der Waals surface area (Å²) in [5.74, 6) is 0. The molecule has 46 valence electrons. The summed E-state index contributed by atoms with van der Waals surface area (Å²) in [6, 6.07) is 0. The van der Waals surface area contributed by atoms with Gasteiger partial charge in [-0.2, -0.15) is 0 Å². The maximum atomic E-state index is 4.69. The summed E-state index contributed by atoms with van der Waals surface area (Å²) in [5, 5.41) is 0. The van der Waals surface area contributed by atoms with E-state index < -0.39 is 0 Å². The normalized spacial score (nSPS) is 6.86. The molecule has 7 heavy (non-hydrogen) atoms. The molecule has 0 aliphatic heterocycles. The van der Waals surface area contributed by atoms with Gasteiger partial charge in [-0.05, 0) is 6.42 Å². The molecule has 0 N–H and O–H groups in total. The molecule has 0 saturated heterocycles. The van der Waals surface area contributed by atoms with Crippen LogP contribution < -0.4 is 0 Å². The summed E-state index contributed by atoms with van der Waals surface area (Å²) in [4.78, 5) is 0. The largest absolute Gasteiger partial charge is 0.385 e. The Morgan fingerprint density at radius 3 is 1.71 bits per heavy atom. The van der Waals surface area contributed by atoms with Gasteiger partial charge in [0.1, 0.15) is 0 Å². The lowest BCUT2D eigenvalue weighted by molar-refractivity contribution is 0.199. The van der Waals surface area contributed by atoms with Crippen molar-refractivity contribution in [2.45, 2.75) is 27.2 Å². The van der Waals surface area contributed by atoms with Crippen LogP contribution in [0, 0.1) is 0 Å². The molecule has 0 unspecified atom stereocenters. The van der Waals surface area contributed by atoms with Gasteiger partial charge in [-0.15, -0.1) is 0 Å². The smallest absolute Gasteiger partial charge is 0.0459 e. The molecule has 0 aromatic heterocycles. The Balaban J connectivity index is 0. The molecular formula is C6H16O. The lowest BCUT2D eigenvalue weighted by atomic mass is 10.5. The van der Waals surface area contributed by atoms with Crippen LogP contribution in [0.25, 0.3) is 0 Å². The van der Waals surface area contributed by atoms with Gasteiger partial charge in [-0.25, -0.2) is 0 Å². The van der Waals surface area contributed by atoms with Crippen LogP contribution in [0.15, 0.2) is 0 Å². The van der Waals surface area contributed by atoms with Crippen molar-refractivity contribution < 1.29 is 4.74 Å². The van der Waals surface area contributed by atoms with E-state index in [4.69, 9.17) is 4.74 Å². The first kappa shape index (κ1) is 10.0. The Morgan fingerprint density at radius 2 is 1.71 bits per heavy atom. The molecule has 0 rings (SSSR count). The third-order valence-corrected chi connectivity index (χ3v) is 0.408. The zero-order chi connectivity index (χ0) is 6.12. The summed E-state index contributed by atoms with van der Waals surface area (Å²) in [7, 11) is 1.71. The second kappa shape index (κ2) is 16.7. The Morgan fingerprint density at radius 1 is 1.29 bits per heavy atom. The molecule has 1 nitrogen and oxygen atoms in total. The molecule has 0 bridgehead atoms. The van der Waals surface area contributed by atoms with E-state index in [9.17, 15) is 0 Å². The fourth-order valence-electron chi connectivity index (χ4n) is 0.204. The van der Waals surface area contributed by atoms with Crippen LogP contribution in [0.5, 0.6) is 0 Å². The van der Waals surface area contributed by atoms with Crippen LogP contribution in [0.4, 0.5) is 0 Å².